The highest BCUT2D eigenvalue weighted by molar-refractivity contribution is 6.10. The van der Waals surface area contributed by atoms with Crippen molar-refractivity contribution in [3.05, 3.63) is 59.7 Å². The molecule has 1 aliphatic rings. The Bertz CT molecular complexity index is 849. The first-order valence-electron chi connectivity index (χ1n) is 8.67. The maximum Gasteiger partial charge on any atom is 0.254 e. The number of carbonyl (C=O) groups is 3. The molecule has 0 radical (unpaired) electrons. The van der Waals surface area contributed by atoms with Crippen molar-refractivity contribution in [3.8, 4) is 5.75 Å². The highest BCUT2D eigenvalue weighted by Crippen LogP contribution is 2.18. The molecule has 7 nitrogen and oxygen atoms in total. The number of ether oxygens (including phenoxy) is 1. The van der Waals surface area contributed by atoms with E-state index in [0.29, 0.717) is 24.2 Å². The Morgan fingerprint density at radius 1 is 1.11 bits per heavy atom. The Morgan fingerprint density at radius 2 is 1.85 bits per heavy atom. The molecule has 0 bridgehead atoms. The Kier molecular flexibility index (Phi) is 5.71. The third-order valence-corrected chi connectivity index (χ3v) is 4.34. The van der Waals surface area contributed by atoms with Gasteiger partial charge in [-0.05, 0) is 36.2 Å². The molecule has 27 heavy (non-hydrogen) atoms. The topological polar surface area (TPSA) is 96.5 Å². The van der Waals surface area contributed by atoms with Crippen LogP contribution in [0.25, 0.3) is 0 Å². The maximum atomic E-state index is 12.3. The summed E-state index contributed by atoms with van der Waals surface area (Å²) in [7, 11) is 1.61. The molecule has 0 saturated carbocycles. The molecule has 2 aromatic rings. The molecule has 140 valence electrons. The molecule has 1 unspecified atom stereocenters. The first-order chi connectivity index (χ1) is 13.1. The SMILES string of the molecule is COc1ccc(CCNC(=O)CC2NC(=O)c3ccccc3NC2=O)cc1. The number of hydrogen-bond acceptors (Lipinski definition) is 4. The maximum absolute atomic E-state index is 12.3. The smallest absolute Gasteiger partial charge is 0.254 e. The van der Waals surface area contributed by atoms with Crippen LogP contribution in [0.4, 0.5) is 5.69 Å². The van der Waals surface area contributed by atoms with Crippen molar-refractivity contribution in [2.24, 2.45) is 0 Å². The number of rotatable bonds is 6. The predicted octanol–water partition coefficient (Wildman–Crippen LogP) is 1.49. The van der Waals surface area contributed by atoms with E-state index in [1.807, 2.05) is 24.3 Å². The third kappa shape index (κ3) is 4.63. The summed E-state index contributed by atoms with van der Waals surface area (Å²) in [6.45, 7) is 0.438. The van der Waals surface area contributed by atoms with Gasteiger partial charge in [0.05, 0.1) is 24.8 Å². The summed E-state index contributed by atoms with van der Waals surface area (Å²) in [6.07, 6.45) is 0.540. The second-order valence-electron chi connectivity index (χ2n) is 6.21. The number of fused-ring (bicyclic) bond motifs is 1. The van der Waals surface area contributed by atoms with Gasteiger partial charge < -0.3 is 20.7 Å². The van der Waals surface area contributed by atoms with E-state index >= 15 is 0 Å². The zero-order valence-electron chi connectivity index (χ0n) is 15.0. The molecular formula is C20H21N3O4. The number of hydrogen-bond donors (Lipinski definition) is 3. The molecular weight excluding hydrogens is 346 g/mol. The van der Waals surface area contributed by atoms with Gasteiger partial charge >= 0.3 is 0 Å². The van der Waals surface area contributed by atoms with Crippen LogP contribution in [-0.2, 0) is 16.0 Å². The first kappa shape index (κ1) is 18.4. The van der Waals surface area contributed by atoms with E-state index in [0.717, 1.165) is 11.3 Å². The molecule has 1 atom stereocenters. The zero-order valence-corrected chi connectivity index (χ0v) is 15.0. The van der Waals surface area contributed by atoms with Gasteiger partial charge in [0, 0.05) is 6.54 Å². The van der Waals surface area contributed by atoms with Gasteiger partial charge in [0.25, 0.3) is 5.91 Å². The number of amides is 3. The summed E-state index contributed by atoms with van der Waals surface area (Å²) in [6, 6.07) is 13.4. The lowest BCUT2D eigenvalue weighted by Crippen LogP contribution is -2.44. The summed E-state index contributed by atoms with van der Waals surface area (Å²) in [5.74, 6) is -0.299. The summed E-state index contributed by atoms with van der Waals surface area (Å²) in [5, 5.41) is 8.08. The molecule has 0 aliphatic carbocycles. The van der Waals surface area contributed by atoms with Crippen molar-refractivity contribution in [2.45, 2.75) is 18.9 Å². The lowest BCUT2D eigenvalue weighted by atomic mass is 10.1. The quantitative estimate of drug-likeness (QED) is 0.721. The van der Waals surface area contributed by atoms with E-state index in [1.165, 1.54) is 0 Å². The lowest BCUT2D eigenvalue weighted by Gasteiger charge is -2.14. The predicted molar refractivity (Wildman–Crippen MR) is 101 cm³/mol. The van der Waals surface area contributed by atoms with Crippen molar-refractivity contribution in [2.75, 3.05) is 19.0 Å². The Balaban J connectivity index is 1.51. The highest BCUT2D eigenvalue weighted by atomic mass is 16.5. The minimum absolute atomic E-state index is 0.117. The Labute approximate surface area is 157 Å². The molecule has 2 aromatic carbocycles. The van der Waals surface area contributed by atoms with Gasteiger partial charge in [0.2, 0.25) is 11.8 Å². The van der Waals surface area contributed by atoms with Crippen LogP contribution in [0.2, 0.25) is 0 Å². The van der Waals surface area contributed by atoms with E-state index in [9.17, 15) is 14.4 Å². The summed E-state index contributed by atoms with van der Waals surface area (Å²) < 4.78 is 5.11. The van der Waals surface area contributed by atoms with Crippen LogP contribution in [-0.4, -0.2) is 37.4 Å². The summed E-state index contributed by atoms with van der Waals surface area (Å²) >= 11 is 0. The normalized spacial score (nSPS) is 15.8. The second kappa shape index (κ2) is 8.35. The molecule has 7 heteroatoms. The average molecular weight is 367 g/mol. The standard InChI is InChI=1S/C20H21N3O4/c1-27-14-8-6-13(7-9-14)10-11-21-18(24)12-17-20(26)22-16-5-3-2-4-15(16)19(25)23-17/h2-9,17H,10-12H2,1H3,(H,21,24)(H,22,26)(H,23,25). The van der Waals surface area contributed by atoms with E-state index in [-0.39, 0.29) is 18.2 Å². The van der Waals surface area contributed by atoms with Crippen molar-refractivity contribution in [1.82, 2.24) is 10.6 Å². The van der Waals surface area contributed by atoms with E-state index < -0.39 is 11.9 Å². The molecule has 0 spiro atoms. The van der Waals surface area contributed by atoms with Crippen LogP contribution in [0.5, 0.6) is 5.75 Å². The highest BCUT2D eigenvalue weighted by Gasteiger charge is 2.29. The monoisotopic (exact) mass is 367 g/mol. The van der Waals surface area contributed by atoms with Crippen LogP contribution in [0.3, 0.4) is 0 Å². The van der Waals surface area contributed by atoms with Crippen LogP contribution in [0.1, 0.15) is 22.3 Å². The van der Waals surface area contributed by atoms with Crippen LogP contribution < -0.4 is 20.7 Å². The Morgan fingerprint density at radius 3 is 2.59 bits per heavy atom. The Hall–Kier alpha value is -3.35. The number of nitrogens with one attached hydrogen (secondary N) is 3. The molecule has 1 aliphatic heterocycles. The molecule has 3 rings (SSSR count). The zero-order chi connectivity index (χ0) is 19.2. The second-order valence-corrected chi connectivity index (χ2v) is 6.21. The third-order valence-electron chi connectivity index (χ3n) is 4.34. The minimum atomic E-state index is -0.911. The van der Waals surface area contributed by atoms with Gasteiger partial charge in [-0.25, -0.2) is 0 Å². The van der Waals surface area contributed by atoms with Crippen molar-refractivity contribution in [1.29, 1.82) is 0 Å². The van der Waals surface area contributed by atoms with Gasteiger partial charge in [0.15, 0.2) is 0 Å². The average Bonchev–Trinajstić information content (AvgIpc) is 2.79. The fourth-order valence-electron chi connectivity index (χ4n) is 2.85. The number of carbonyl (C=O) groups excluding carboxylic acids is 3. The number of para-hydroxylation sites is 1. The molecule has 3 amide bonds. The van der Waals surface area contributed by atoms with Crippen LogP contribution in [0, 0.1) is 0 Å². The van der Waals surface area contributed by atoms with E-state index in [2.05, 4.69) is 16.0 Å². The first-order valence-corrected chi connectivity index (χ1v) is 8.67. The molecule has 0 aromatic heterocycles. The number of benzene rings is 2. The van der Waals surface area contributed by atoms with Crippen molar-refractivity contribution < 1.29 is 19.1 Å². The minimum Gasteiger partial charge on any atom is -0.497 e. The van der Waals surface area contributed by atoms with Gasteiger partial charge in [-0.15, -0.1) is 0 Å². The van der Waals surface area contributed by atoms with Gasteiger partial charge in [0.1, 0.15) is 11.8 Å². The molecule has 3 N–H and O–H groups in total. The molecule has 0 saturated heterocycles. The summed E-state index contributed by atoms with van der Waals surface area (Å²) in [5.41, 5.74) is 1.89. The van der Waals surface area contributed by atoms with Crippen molar-refractivity contribution >= 4 is 23.4 Å². The van der Waals surface area contributed by atoms with Gasteiger partial charge in [-0.3, -0.25) is 14.4 Å². The van der Waals surface area contributed by atoms with Crippen molar-refractivity contribution in [3.63, 3.8) is 0 Å². The number of anilines is 1. The fraction of sp³-hybridized carbons (Fsp3) is 0.250. The molecule has 0 fully saturated rings. The van der Waals surface area contributed by atoms with E-state index in [1.54, 1.807) is 31.4 Å². The molecule has 1 heterocycles. The largest absolute Gasteiger partial charge is 0.497 e. The fourth-order valence-corrected chi connectivity index (χ4v) is 2.85. The van der Waals surface area contributed by atoms with Gasteiger partial charge in [-0.2, -0.15) is 0 Å². The number of methoxy groups -OCH3 is 1. The van der Waals surface area contributed by atoms with Crippen LogP contribution in [0.15, 0.2) is 48.5 Å². The van der Waals surface area contributed by atoms with Gasteiger partial charge in [-0.1, -0.05) is 24.3 Å². The van der Waals surface area contributed by atoms with E-state index in [4.69, 9.17) is 4.74 Å². The lowest BCUT2D eigenvalue weighted by molar-refractivity contribution is -0.125. The summed E-state index contributed by atoms with van der Waals surface area (Å²) in [4.78, 5) is 36.7. The van der Waals surface area contributed by atoms with Crippen LogP contribution >= 0.6 is 0 Å².